The van der Waals surface area contributed by atoms with Crippen LogP contribution in [0.25, 0.3) is 10.9 Å². The number of nitrogens with two attached hydrogens (primary N) is 1. The van der Waals surface area contributed by atoms with Crippen molar-refractivity contribution < 1.29 is 0 Å². The number of hydrogen-bond donors (Lipinski definition) is 3. The van der Waals surface area contributed by atoms with Crippen LogP contribution in [0.3, 0.4) is 0 Å². The van der Waals surface area contributed by atoms with E-state index in [-0.39, 0.29) is 5.84 Å². The number of nitrogen functional groups attached to an aromatic ring is 1. The van der Waals surface area contributed by atoms with E-state index in [0.29, 0.717) is 11.4 Å². The van der Waals surface area contributed by atoms with Gasteiger partial charge in [0.15, 0.2) is 0 Å². The molecule has 0 aliphatic rings. The molecule has 0 radical (unpaired) electrons. The first kappa shape index (κ1) is 11.4. The summed E-state index contributed by atoms with van der Waals surface area (Å²) in [6.07, 6.45) is 1.01. The van der Waals surface area contributed by atoms with Crippen LogP contribution in [0, 0.1) is 5.41 Å². The molecular formula is C13H16N4. The number of anilines is 1. The van der Waals surface area contributed by atoms with Gasteiger partial charge in [0, 0.05) is 11.9 Å². The van der Waals surface area contributed by atoms with Crippen molar-refractivity contribution >= 4 is 22.6 Å². The van der Waals surface area contributed by atoms with Crippen molar-refractivity contribution in [3.05, 3.63) is 35.9 Å². The van der Waals surface area contributed by atoms with Crippen LogP contribution in [0.1, 0.15) is 18.9 Å². The molecule has 1 aromatic heterocycles. The summed E-state index contributed by atoms with van der Waals surface area (Å²) < 4.78 is 0. The van der Waals surface area contributed by atoms with Crippen LogP contribution in [0.4, 0.5) is 5.82 Å². The minimum absolute atomic E-state index is 0.0434. The van der Waals surface area contributed by atoms with Gasteiger partial charge in [-0.3, -0.25) is 5.41 Å². The van der Waals surface area contributed by atoms with Gasteiger partial charge in [-0.15, -0.1) is 0 Å². The predicted molar refractivity (Wildman–Crippen MR) is 71.5 cm³/mol. The number of pyridine rings is 1. The standard InChI is InChI=1S/C13H16N4/c1-2-7-16-13-10(12(14)15)8-9-5-3-4-6-11(9)17-13/h3-6,8H,2,7H2,1H3,(H3,14,15)(H,16,17). The van der Waals surface area contributed by atoms with Crippen molar-refractivity contribution in [3.63, 3.8) is 0 Å². The molecule has 2 aromatic rings. The van der Waals surface area contributed by atoms with Crippen LogP contribution >= 0.6 is 0 Å². The minimum atomic E-state index is 0.0434. The summed E-state index contributed by atoms with van der Waals surface area (Å²) in [4.78, 5) is 4.50. The number of aromatic nitrogens is 1. The number of para-hydroxylation sites is 1. The van der Waals surface area contributed by atoms with Gasteiger partial charge in [0.05, 0.1) is 11.1 Å². The third kappa shape index (κ3) is 2.36. The highest BCUT2D eigenvalue weighted by Crippen LogP contribution is 2.19. The molecule has 1 aromatic carbocycles. The number of nitrogens with zero attached hydrogens (tertiary/aromatic N) is 1. The Kier molecular flexibility index (Phi) is 3.23. The third-order valence-corrected chi connectivity index (χ3v) is 2.56. The zero-order chi connectivity index (χ0) is 12.3. The summed E-state index contributed by atoms with van der Waals surface area (Å²) in [6.45, 7) is 2.91. The summed E-state index contributed by atoms with van der Waals surface area (Å²) in [5, 5.41) is 11.8. The first-order valence-corrected chi connectivity index (χ1v) is 5.70. The van der Waals surface area contributed by atoms with Crippen LogP contribution in [-0.2, 0) is 0 Å². The van der Waals surface area contributed by atoms with Gasteiger partial charge >= 0.3 is 0 Å². The zero-order valence-electron chi connectivity index (χ0n) is 9.83. The van der Waals surface area contributed by atoms with Crippen LogP contribution in [0.15, 0.2) is 30.3 Å². The summed E-state index contributed by atoms with van der Waals surface area (Å²) in [6, 6.07) is 9.73. The van der Waals surface area contributed by atoms with Crippen LogP contribution < -0.4 is 11.1 Å². The molecule has 4 heteroatoms. The molecule has 17 heavy (non-hydrogen) atoms. The number of benzene rings is 1. The molecule has 0 amide bonds. The molecule has 0 aliphatic heterocycles. The van der Waals surface area contributed by atoms with Gasteiger partial charge in [-0.05, 0) is 18.6 Å². The minimum Gasteiger partial charge on any atom is -0.384 e. The van der Waals surface area contributed by atoms with Gasteiger partial charge < -0.3 is 11.1 Å². The molecule has 4 nitrogen and oxygen atoms in total. The molecule has 0 bridgehead atoms. The van der Waals surface area contributed by atoms with Crippen LogP contribution in [0.2, 0.25) is 0 Å². The lowest BCUT2D eigenvalue weighted by Gasteiger charge is -2.10. The van der Waals surface area contributed by atoms with E-state index in [1.807, 2.05) is 30.3 Å². The topological polar surface area (TPSA) is 74.8 Å². The monoisotopic (exact) mass is 228 g/mol. The van der Waals surface area contributed by atoms with Crippen LogP contribution in [0.5, 0.6) is 0 Å². The van der Waals surface area contributed by atoms with E-state index in [4.69, 9.17) is 11.1 Å². The highest BCUT2D eigenvalue weighted by atomic mass is 15.0. The van der Waals surface area contributed by atoms with Gasteiger partial charge in [-0.2, -0.15) is 0 Å². The molecule has 2 rings (SSSR count). The molecule has 1 heterocycles. The van der Waals surface area contributed by atoms with E-state index in [9.17, 15) is 0 Å². The third-order valence-electron chi connectivity index (χ3n) is 2.56. The van der Waals surface area contributed by atoms with Crippen molar-refractivity contribution in [1.29, 1.82) is 5.41 Å². The number of nitrogens with one attached hydrogen (secondary N) is 2. The second kappa shape index (κ2) is 4.82. The summed E-state index contributed by atoms with van der Waals surface area (Å²) >= 11 is 0. The lowest BCUT2D eigenvalue weighted by molar-refractivity contribution is 0.970. The molecular weight excluding hydrogens is 212 g/mol. The number of amidine groups is 1. The first-order valence-electron chi connectivity index (χ1n) is 5.70. The fraction of sp³-hybridized carbons (Fsp3) is 0.231. The Morgan fingerprint density at radius 1 is 1.41 bits per heavy atom. The molecule has 0 spiro atoms. The van der Waals surface area contributed by atoms with Crippen molar-refractivity contribution in [2.45, 2.75) is 13.3 Å². The second-order valence-corrected chi connectivity index (χ2v) is 3.92. The number of fused-ring (bicyclic) bond motifs is 1. The fourth-order valence-electron chi connectivity index (χ4n) is 1.70. The maximum absolute atomic E-state index is 7.58. The average molecular weight is 228 g/mol. The number of hydrogen-bond acceptors (Lipinski definition) is 3. The maximum Gasteiger partial charge on any atom is 0.137 e. The lowest BCUT2D eigenvalue weighted by Crippen LogP contribution is -2.16. The Morgan fingerprint density at radius 2 is 2.18 bits per heavy atom. The molecule has 0 saturated heterocycles. The van der Waals surface area contributed by atoms with E-state index in [1.54, 1.807) is 0 Å². The first-order chi connectivity index (χ1) is 8.22. The molecule has 0 fully saturated rings. The van der Waals surface area contributed by atoms with E-state index in [0.717, 1.165) is 23.9 Å². The van der Waals surface area contributed by atoms with E-state index < -0.39 is 0 Å². The van der Waals surface area contributed by atoms with Crippen molar-refractivity contribution in [3.8, 4) is 0 Å². The van der Waals surface area contributed by atoms with Gasteiger partial charge in [0.2, 0.25) is 0 Å². The zero-order valence-corrected chi connectivity index (χ0v) is 9.83. The average Bonchev–Trinajstić information content (AvgIpc) is 2.35. The molecule has 0 aliphatic carbocycles. The predicted octanol–water partition coefficient (Wildman–Crippen LogP) is 2.34. The van der Waals surface area contributed by atoms with Crippen molar-refractivity contribution in [2.75, 3.05) is 11.9 Å². The Hall–Kier alpha value is -2.10. The van der Waals surface area contributed by atoms with Gasteiger partial charge in [-0.1, -0.05) is 25.1 Å². The van der Waals surface area contributed by atoms with E-state index >= 15 is 0 Å². The Labute approximate surface area is 100 Å². The Balaban J connectivity index is 2.54. The highest BCUT2D eigenvalue weighted by molar-refractivity contribution is 6.02. The Bertz CT molecular complexity index is 548. The van der Waals surface area contributed by atoms with Crippen molar-refractivity contribution in [1.82, 2.24) is 4.98 Å². The SMILES string of the molecule is CCCNc1nc2ccccc2cc1C(=N)N. The normalized spacial score (nSPS) is 10.4. The Morgan fingerprint density at radius 3 is 2.88 bits per heavy atom. The van der Waals surface area contributed by atoms with E-state index in [1.165, 1.54) is 0 Å². The molecule has 88 valence electrons. The quantitative estimate of drug-likeness (QED) is 0.555. The fourth-order valence-corrected chi connectivity index (χ4v) is 1.70. The highest BCUT2D eigenvalue weighted by Gasteiger charge is 2.08. The summed E-state index contributed by atoms with van der Waals surface area (Å²) in [5.41, 5.74) is 7.16. The smallest absolute Gasteiger partial charge is 0.137 e. The molecule has 4 N–H and O–H groups in total. The van der Waals surface area contributed by atoms with Crippen molar-refractivity contribution in [2.24, 2.45) is 5.73 Å². The largest absolute Gasteiger partial charge is 0.384 e. The lowest BCUT2D eigenvalue weighted by atomic mass is 10.1. The van der Waals surface area contributed by atoms with Gasteiger partial charge in [-0.25, -0.2) is 4.98 Å². The van der Waals surface area contributed by atoms with Crippen LogP contribution in [-0.4, -0.2) is 17.4 Å². The van der Waals surface area contributed by atoms with Gasteiger partial charge in [0.25, 0.3) is 0 Å². The maximum atomic E-state index is 7.58. The second-order valence-electron chi connectivity index (χ2n) is 3.92. The molecule has 0 atom stereocenters. The number of rotatable bonds is 4. The molecule has 0 unspecified atom stereocenters. The van der Waals surface area contributed by atoms with Gasteiger partial charge in [0.1, 0.15) is 11.7 Å². The molecule has 0 saturated carbocycles. The summed E-state index contributed by atoms with van der Waals surface area (Å²) in [5.74, 6) is 0.736. The van der Waals surface area contributed by atoms with E-state index in [2.05, 4.69) is 17.2 Å². The summed E-state index contributed by atoms with van der Waals surface area (Å²) in [7, 11) is 0.